The van der Waals surface area contributed by atoms with Gasteiger partial charge in [0.2, 0.25) is 0 Å². The van der Waals surface area contributed by atoms with Crippen LogP contribution in [0, 0.1) is 46.3 Å². The average Bonchev–Trinajstić information content (AvgIpc) is 2.96. The number of aliphatic hydroxyl groups is 2. The van der Waals surface area contributed by atoms with Gasteiger partial charge in [0.05, 0.1) is 12.2 Å². The van der Waals surface area contributed by atoms with Crippen molar-refractivity contribution in [2.45, 2.75) is 104 Å². The molecule has 0 aromatic carbocycles. The van der Waals surface area contributed by atoms with E-state index in [1.54, 1.807) is 0 Å². The van der Waals surface area contributed by atoms with Crippen molar-refractivity contribution in [2.75, 3.05) is 0 Å². The third kappa shape index (κ3) is 2.65. The van der Waals surface area contributed by atoms with E-state index >= 15 is 0 Å². The summed E-state index contributed by atoms with van der Waals surface area (Å²) in [6, 6.07) is 0. The normalized spacial score (nSPS) is 54.9. The Hall–Kier alpha value is -0.0800. The molecule has 0 aliphatic heterocycles. The highest BCUT2D eigenvalue weighted by Gasteiger charge is 2.63. The van der Waals surface area contributed by atoms with Crippen LogP contribution in [-0.2, 0) is 0 Å². The Balaban J connectivity index is 1.61. The van der Waals surface area contributed by atoms with E-state index in [4.69, 9.17) is 0 Å². The Morgan fingerprint density at radius 1 is 0.962 bits per heavy atom. The largest absolute Gasteiger partial charge is 0.393 e. The molecule has 4 fully saturated rings. The Labute approximate surface area is 161 Å². The Morgan fingerprint density at radius 3 is 2.46 bits per heavy atom. The highest BCUT2D eigenvalue weighted by molar-refractivity contribution is 5.12. The van der Waals surface area contributed by atoms with E-state index in [1.807, 2.05) is 0 Å². The predicted molar refractivity (Wildman–Crippen MR) is 107 cm³/mol. The molecule has 2 nitrogen and oxygen atoms in total. The summed E-state index contributed by atoms with van der Waals surface area (Å²) >= 11 is 0. The van der Waals surface area contributed by atoms with Gasteiger partial charge in [0, 0.05) is 0 Å². The molecule has 0 saturated heterocycles. The zero-order valence-electron chi connectivity index (χ0n) is 17.6. The first-order chi connectivity index (χ1) is 12.3. The number of hydrogen-bond acceptors (Lipinski definition) is 2. The molecule has 0 aromatic heterocycles. The quantitative estimate of drug-likeness (QED) is 0.704. The molecule has 0 aromatic rings. The van der Waals surface area contributed by atoms with Crippen LogP contribution in [0.5, 0.6) is 0 Å². The average molecular weight is 363 g/mol. The molecule has 26 heavy (non-hydrogen) atoms. The summed E-state index contributed by atoms with van der Waals surface area (Å²) in [4.78, 5) is 0. The third-order valence-electron chi connectivity index (χ3n) is 10.2. The van der Waals surface area contributed by atoms with Gasteiger partial charge in [0.15, 0.2) is 0 Å². The van der Waals surface area contributed by atoms with Crippen LogP contribution in [0.15, 0.2) is 0 Å². The molecular formula is C24H42O2. The van der Waals surface area contributed by atoms with Crippen LogP contribution >= 0.6 is 0 Å². The molecule has 0 bridgehead atoms. The van der Waals surface area contributed by atoms with Crippen LogP contribution in [0.25, 0.3) is 0 Å². The maximum absolute atomic E-state index is 11.5. The van der Waals surface area contributed by atoms with Gasteiger partial charge >= 0.3 is 0 Å². The second-order valence-electron chi connectivity index (χ2n) is 11.2. The van der Waals surface area contributed by atoms with E-state index in [0.717, 1.165) is 37.0 Å². The molecule has 0 amide bonds. The van der Waals surface area contributed by atoms with Gasteiger partial charge in [-0.3, -0.25) is 0 Å². The number of rotatable bonds is 3. The summed E-state index contributed by atoms with van der Waals surface area (Å²) in [5, 5.41) is 21.7. The summed E-state index contributed by atoms with van der Waals surface area (Å²) in [7, 11) is 0. The number of fused-ring (bicyclic) bond motifs is 5. The maximum Gasteiger partial charge on any atom is 0.0602 e. The van der Waals surface area contributed by atoms with Crippen LogP contribution in [0.1, 0.15) is 91.9 Å². The molecule has 4 saturated carbocycles. The van der Waals surface area contributed by atoms with Gasteiger partial charge in [0.25, 0.3) is 0 Å². The van der Waals surface area contributed by atoms with Crippen LogP contribution in [0.3, 0.4) is 0 Å². The second-order valence-corrected chi connectivity index (χ2v) is 11.2. The van der Waals surface area contributed by atoms with Crippen molar-refractivity contribution in [3.8, 4) is 0 Å². The van der Waals surface area contributed by atoms with Crippen molar-refractivity contribution < 1.29 is 10.2 Å². The van der Waals surface area contributed by atoms with Crippen molar-refractivity contribution in [3.63, 3.8) is 0 Å². The van der Waals surface area contributed by atoms with Gasteiger partial charge in [-0.2, -0.15) is 0 Å². The standard InChI is InChI=1S/C24H42O2/c1-5-6-15(2)19-9-10-20-18-8-7-16-13-17(25)11-12-23(16,3)21(18)14-22(26)24(19,20)4/h15-22,25-26H,5-14H2,1-4H3/t15-,16?,17+,18+,19-,20+,21+,22-,23+,24-/m1/s1. The summed E-state index contributed by atoms with van der Waals surface area (Å²) in [5.41, 5.74) is 0.505. The molecular weight excluding hydrogens is 320 g/mol. The minimum absolute atomic E-state index is 0.0749. The molecule has 150 valence electrons. The molecule has 0 heterocycles. The van der Waals surface area contributed by atoms with Crippen LogP contribution < -0.4 is 0 Å². The molecule has 10 atom stereocenters. The summed E-state index contributed by atoms with van der Waals surface area (Å²) in [5.74, 6) is 4.37. The molecule has 2 heteroatoms. The molecule has 4 rings (SSSR count). The Morgan fingerprint density at radius 2 is 1.73 bits per heavy atom. The molecule has 0 radical (unpaired) electrons. The topological polar surface area (TPSA) is 40.5 Å². The lowest BCUT2D eigenvalue weighted by atomic mass is 9.43. The van der Waals surface area contributed by atoms with E-state index < -0.39 is 0 Å². The van der Waals surface area contributed by atoms with Crippen molar-refractivity contribution in [2.24, 2.45) is 46.3 Å². The molecule has 4 aliphatic rings. The van der Waals surface area contributed by atoms with E-state index in [1.165, 1.54) is 44.9 Å². The van der Waals surface area contributed by atoms with Crippen molar-refractivity contribution in [3.05, 3.63) is 0 Å². The van der Waals surface area contributed by atoms with Gasteiger partial charge in [-0.15, -0.1) is 0 Å². The molecule has 4 aliphatic carbocycles. The first-order valence-electron chi connectivity index (χ1n) is 11.7. The van der Waals surface area contributed by atoms with Gasteiger partial charge in [-0.05, 0) is 97.7 Å². The first-order valence-corrected chi connectivity index (χ1v) is 11.7. The van der Waals surface area contributed by atoms with Gasteiger partial charge < -0.3 is 10.2 Å². The summed E-state index contributed by atoms with van der Waals surface area (Å²) < 4.78 is 0. The summed E-state index contributed by atoms with van der Waals surface area (Å²) in [6.07, 6.45) is 11.9. The van der Waals surface area contributed by atoms with E-state index in [2.05, 4.69) is 27.7 Å². The fraction of sp³-hybridized carbons (Fsp3) is 1.00. The fourth-order valence-corrected chi connectivity index (χ4v) is 8.82. The molecule has 2 N–H and O–H groups in total. The summed E-state index contributed by atoms with van der Waals surface area (Å²) in [6.45, 7) is 9.73. The van der Waals surface area contributed by atoms with E-state index in [9.17, 15) is 10.2 Å². The van der Waals surface area contributed by atoms with Crippen LogP contribution in [0.2, 0.25) is 0 Å². The Bertz CT molecular complexity index is 518. The highest BCUT2D eigenvalue weighted by Crippen LogP contribution is 2.68. The van der Waals surface area contributed by atoms with Crippen molar-refractivity contribution in [1.29, 1.82) is 0 Å². The van der Waals surface area contributed by atoms with Crippen molar-refractivity contribution in [1.82, 2.24) is 0 Å². The predicted octanol–water partition coefficient (Wildman–Crippen LogP) is 5.41. The fourth-order valence-electron chi connectivity index (χ4n) is 8.82. The molecule has 0 spiro atoms. The lowest BCUT2D eigenvalue weighted by Gasteiger charge is -2.62. The minimum atomic E-state index is -0.122. The maximum atomic E-state index is 11.5. The van der Waals surface area contributed by atoms with Gasteiger partial charge in [0.1, 0.15) is 0 Å². The molecule has 1 unspecified atom stereocenters. The smallest absolute Gasteiger partial charge is 0.0602 e. The lowest BCUT2D eigenvalue weighted by molar-refractivity contribution is -0.174. The zero-order valence-corrected chi connectivity index (χ0v) is 17.6. The minimum Gasteiger partial charge on any atom is -0.393 e. The van der Waals surface area contributed by atoms with Crippen LogP contribution in [-0.4, -0.2) is 22.4 Å². The SMILES string of the molecule is CCC[C@@H](C)[C@H]1CC[C@H]2[C@@H]3CCC4C[C@@H](O)CC[C@]4(C)[C@H]3C[C@@H](O)[C@]12C. The monoisotopic (exact) mass is 362 g/mol. The van der Waals surface area contributed by atoms with Gasteiger partial charge in [-0.25, -0.2) is 0 Å². The zero-order chi connectivity index (χ0) is 18.7. The number of aliphatic hydroxyl groups excluding tert-OH is 2. The van der Waals surface area contributed by atoms with Crippen molar-refractivity contribution >= 4 is 0 Å². The van der Waals surface area contributed by atoms with E-state index in [0.29, 0.717) is 23.2 Å². The van der Waals surface area contributed by atoms with E-state index in [-0.39, 0.29) is 17.6 Å². The van der Waals surface area contributed by atoms with Crippen LogP contribution in [0.4, 0.5) is 0 Å². The second kappa shape index (κ2) is 6.76. The van der Waals surface area contributed by atoms with Gasteiger partial charge in [-0.1, -0.05) is 40.5 Å². The highest BCUT2D eigenvalue weighted by atomic mass is 16.3. The first kappa shape index (κ1) is 19.2. The lowest BCUT2D eigenvalue weighted by Crippen LogP contribution is -2.58. The Kier molecular flexibility index (Phi) is 5.01. The third-order valence-corrected chi connectivity index (χ3v) is 10.2. The number of hydrogen-bond donors (Lipinski definition) is 2.